The number of nitrogens with zero attached hydrogens (tertiary/aromatic N) is 5. The van der Waals surface area contributed by atoms with Crippen LogP contribution in [0.5, 0.6) is 11.6 Å². The van der Waals surface area contributed by atoms with Crippen molar-refractivity contribution in [2.45, 2.75) is 0 Å². The van der Waals surface area contributed by atoms with Gasteiger partial charge in [-0.05, 0) is 42.9 Å². The lowest BCUT2D eigenvalue weighted by atomic mass is 10.1. The highest BCUT2D eigenvalue weighted by atomic mass is 16.5. The van der Waals surface area contributed by atoms with Gasteiger partial charge in [-0.25, -0.2) is 4.98 Å². The van der Waals surface area contributed by atoms with E-state index in [1.807, 2.05) is 18.2 Å². The number of primary amides is 1. The maximum absolute atomic E-state index is 11.5. The lowest BCUT2D eigenvalue weighted by molar-refractivity contribution is -0.112. The van der Waals surface area contributed by atoms with E-state index in [1.54, 1.807) is 36.7 Å². The van der Waals surface area contributed by atoms with Crippen molar-refractivity contribution in [1.29, 1.82) is 0 Å². The fourth-order valence-electron chi connectivity index (χ4n) is 3.86. The number of nitrogens with two attached hydrogens (primary N) is 1. The first-order valence-electron chi connectivity index (χ1n) is 11.2. The van der Waals surface area contributed by atoms with Crippen LogP contribution in [0.3, 0.4) is 0 Å². The molecule has 0 radical (unpaired) electrons. The molecule has 4 N–H and O–H groups in total. The molecular formula is C25H26N8O2. The summed E-state index contributed by atoms with van der Waals surface area (Å²) < 4.78 is 6.08. The fourth-order valence-corrected chi connectivity index (χ4v) is 3.86. The zero-order valence-electron chi connectivity index (χ0n) is 19.4. The highest BCUT2D eigenvalue weighted by molar-refractivity contribution is 6.17. The maximum Gasteiger partial charge on any atom is 0.248 e. The number of pyridine rings is 1. The van der Waals surface area contributed by atoms with E-state index >= 15 is 0 Å². The van der Waals surface area contributed by atoms with E-state index in [4.69, 9.17) is 10.5 Å². The Morgan fingerprint density at radius 3 is 2.71 bits per heavy atom. The van der Waals surface area contributed by atoms with Crippen molar-refractivity contribution >= 4 is 40.0 Å². The standard InChI is InChI=1S/C25H26N8O2/c1-16(22(26)34)17-4-3-5-19(14-17)35-24-20-8-9-27-23(20)30-25(31-24)29-18-6-7-21(28-15-18)33-12-10-32(2)11-13-33/h3-9,14-15H,1,10-13H2,2H3,(H2,26,34)(H2,27,29,30,31). The molecule has 10 nitrogen and oxygen atoms in total. The number of carbonyl (C=O) groups is 1. The first-order valence-corrected chi connectivity index (χ1v) is 11.2. The van der Waals surface area contributed by atoms with Crippen LogP contribution in [-0.4, -0.2) is 64.0 Å². The lowest BCUT2D eigenvalue weighted by Gasteiger charge is -2.33. The van der Waals surface area contributed by atoms with E-state index < -0.39 is 5.91 Å². The third-order valence-electron chi connectivity index (χ3n) is 5.91. The number of anilines is 3. The Hall–Kier alpha value is -4.44. The summed E-state index contributed by atoms with van der Waals surface area (Å²) in [6, 6.07) is 12.8. The molecule has 178 valence electrons. The molecule has 0 atom stereocenters. The van der Waals surface area contributed by atoms with Crippen LogP contribution in [0, 0.1) is 0 Å². The van der Waals surface area contributed by atoms with Gasteiger partial charge in [0.25, 0.3) is 0 Å². The summed E-state index contributed by atoms with van der Waals surface area (Å²) in [4.78, 5) is 32.9. The summed E-state index contributed by atoms with van der Waals surface area (Å²) in [7, 11) is 2.13. The van der Waals surface area contributed by atoms with Crippen LogP contribution in [0.25, 0.3) is 16.6 Å². The van der Waals surface area contributed by atoms with E-state index in [9.17, 15) is 4.79 Å². The minimum absolute atomic E-state index is 0.208. The number of carbonyl (C=O) groups excluding carboxylic acids is 1. The van der Waals surface area contributed by atoms with E-state index in [2.05, 4.69) is 48.7 Å². The molecule has 1 saturated heterocycles. The Kier molecular flexibility index (Phi) is 6.02. The van der Waals surface area contributed by atoms with Crippen LogP contribution < -0.4 is 20.7 Å². The van der Waals surface area contributed by atoms with Gasteiger partial charge < -0.3 is 30.6 Å². The molecule has 3 aromatic heterocycles. The first kappa shape index (κ1) is 22.4. The Bertz CT molecular complexity index is 1370. The average Bonchev–Trinajstić information content (AvgIpc) is 3.34. The number of nitrogens with one attached hydrogen (secondary N) is 2. The number of hydrogen-bond donors (Lipinski definition) is 3. The van der Waals surface area contributed by atoms with Crippen LogP contribution in [-0.2, 0) is 4.79 Å². The van der Waals surface area contributed by atoms with Gasteiger partial charge in [-0.3, -0.25) is 4.79 Å². The summed E-state index contributed by atoms with van der Waals surface area (Å²) in [6.07, 6.45) is 3.54. The van der Waals surface area contributed by atoms with Crippen LogP contribution >= 0.6 is 0 Å². The largest absolute Gasteiger partial charge is 0.438 e. The molecule has 1 aromatic carbocycles. The van der Waals surface area contributed by atoms with Crippen molar-refractivity contribution in [3.63, 3.8) is 0 Å². The highest BCUT2D eigenvalue weighted by Crippen LogP contribution is 2.30. The van der Waals surface area contributed by atoms with Crippen LogP contribution in [0.15, 0.2) is 61.4 Å². The third-order valence-corrected chi connectivity index (χ3v) is 5.91. The molecule has 1 aliphatic heterocycles. The predicted molar refractivity (Wildman–Crippen MR) is 136 cm³/mol. The minimum atomic E-state index is -0.587. The number of aromatic amines is 1. The molecule has 0 saturated carbocycles. The number of hydrogen-bond acceptors (Lipinski definition) is 8. The molecule has 1 amide bonds. The second-order valence-corrected chi connectivity index (χ2v) is 8.39. The van der Waals surface area contributed by atoms with Gasteiger partial charge in [0.2, 0.25) is 17.7 Å². The second-order valence-electron chi connectivity index (χ2n) is 8.39. The van der Waals surface area contributed by atoms with Crippen LogP contribution in [0.2, 0.25) is 0 Å². The number of likely N-dealkylation sites (N-methyl/N-ethyl adjacent to an activating group) is 1. The highest BCUT2D eigenvalue weighted by Gasteiger charge is 2.16. The number of H-pyrrole nitrogens is 1. The van der Waals surface area contributed by atoms with Gasteiger partial charge in [-0.15, -0.1) is 0 Å². The van der Waals surface area contributed by atoms with Crippen molar-refractivity contribution in [3.05, 3.63) is 67.0 Å². The summed E-state index contributed by atoms with van der Waals surface area (Å²) in [5.74, 6) is 1.58. The molecule has 5 rings (SSSR count). The molecule has 4 aromatic rings. The predicted octanol–water partition coefficient (Wildman–Crippen LogP) is 3.14. The number of amides is 1. The van der Waals surface area contributed by atoms with E-state index in [-0.39, 0.29) is 5.57 Å². The normalized spacial score (nSPS) is 14.1. The average molecular weight is 471 g/mol. The molecule has 0 aliphatic carbocycles. The Morgan fingerprint density at radius 1 is 1.14 bits per heavy atom. The SMILES string of the molecule is C=C(C(N)=O)c1cccc(Oc2nc(Nc3ccc(N4CCN(C)CC4)nc3)nc3[nH]ccc23)c1. The van der Waals surface area contributed by atoms with E-state index in [1.165, 1.54) is 0 Å². The zero-order chi connectivity index (χ0) is 24.4. The molecule has 0 spiro atoms. The number of fused-ring (bicyclic) bond motifs is 1. The van der Waals surface area contributed by atoms with Gasteiger partial charge in [0.05, 0.1) is 17.3 Å². The van der Waals surface area contributed by atoms with Gasteiger partial charge in [0.15, 0.2) is 0 Å². The van der Waals surface area contributed by atoms with Gasteiger partial charge in [-0.2, -0.15) is 9.97 Å². The van der Waals surface area contributed by atoms with E-state index in [0.717, 1.165) is 43.1 Å². The minimum Gasteiger partial charge on any atom is -0.438 e. The molecule has 1 aliphatic rings. The number of aromatic nitrogens is 4. The topological polar surface area (TPSA) is 125 Å². The zero-order valence-corrected chi connectivity index (χ0v) is 19.4. The molecule has 0 bridgehead atoms. The van der Waals surface area contributed by atoms with Crippen LogP contribution in [0.4, 0.5) is 17.5 Å². The van der Waals surface area contributed by atoms with Crippen LogP contribution in [0.1, 0.15) is 5.56 Å². The van der Waals surface area contributed by atoms with Gasteiger partial charge in [0, 0.05) is 37.9 Å². The van der Waals surface area contributed by atoms with Gasteiger partial charge in [-0.1, -0.05) is 18.7 Å². The Balaban J connectivity index is 1.37. The smallest absolute Gasteiger partial charge is 0.248 e. The molecule has 35 heavy (non-hydrogen) atoms. The Labute approximate surface area is 202 Å². The number of ether oxygens (including phenoxy) is 1. The third kappa shape index (κ3) is 4.92. The van der Waals surface area contributed by atoms with Gasteiger partial charge >= 0.3 is 0 Å². The summed E-state index contributed by atoms with van der Waals surface area (Å²) in [6.45, 7) is 7.69. The second kappa shape index (κ2) is 9.43. The molecule has 1 fully saturated rings. The summed E-state index contributed by atoms with van der Waals surface area (Å²) in [5, 5.41) is 3.93. The van der Waals surface area contributed by atoms with Crippen molar-refractivity contribution < 1.29 is 9.53 Å². The maximum atomic E-state index is 11.5. The molecular weight excluding hydrogens is 444 g/mol. The lowest BCUT2D eigenvalue weighted by Crippen LogP contribution is -2.44. The number of benzene rings is 1. The van der Waals surface area contributed by atoms with Gasteiger partial charge in [0.1, 0.15) is 17.2 Å². The summed E-state index contributed by atoms with van der Waals surface area (Å²) in [5.41, 5.74) is 7.54. The quantitative estimate of drug-likeness (QED) is 0.352. The number of rotatable bonds is 7. The van der Waals surface area contributed by atoms with E-state index in [0.29, 0.717) is 28.8 Å². The monoisotopic (exact) mass is 470 g/mol. The molecule has 0 unspecified atom stereocenters. The van der Waals surface area contributed by atoms with Crippen molar-refractivity contribution in [1.82, 2.24) is 24.8 Å². The fraction of sp³-hybridized carbons (Fsp3) is 0.200. The first-order chi connectivity index (χ1) is 17.0. The van der Waals surface area contributed by atoms with Crippen molar-refractivity contribution in [3.8, 4) is 11.6 Å². The molecule has 4 heterocycles. The Morgan fingerprint density at radius 2 is 1.97 bits per heavy atom. The van der Waals surface area contributed by atoms with Crippen molar-refractivity contribution in [2.24, 2.45) is 5.73 Å². The molecule has 10 heteroatoms. The summed E-state index contributed by atoms with van der Waals surface area (Å²) >= 11 is 0. The van der Waals surface area contributed by atoms with Crippen molar-refractivity contribution in [2.75, 3.05) is 43.4 Å². The number of piperazine rings is 1.